The third kappa shape index (κ3) is 3.10. The van der Waals surface area contributed by atoms with Gasteiger partial charge in [0.2, 0.25) is 0 Å². The number of anilines is 2. The van der Waals surface area contributed by atoms with E-state index in [1.165, 1.54) is 0 Å². The van der Waals surface area contributed by atoms with Crippen LogP contribution in [-0.4, -0.2) is 53.1 Å². The quantitative estimate of drug-likeness (QED) is 0.439. The van der Waals surface area contributed by atoms with E-state index in [-0.39, 0.29) is 16.8 Å². The second kappa shape index (κ2) is 7.19. The molecule has 0 unspecified atom stereocenters. The number of benzene rings is 2. The van der Waals surface area contributed by atoms with Crippen molar-refractivity contribution in [3.63, 3.8) is 0 Å². The van der Waals surface area contributed by atoms with Gasteiger partial charge in [0, 0.05) is 37.3 Å². The molecule has 4 N–H and O–H groups in total. The Morgan fingerprint density at radius 1 is 1.03 bits per heavy atom. The Kier molecular flexibility index (Phi) is 4.61. The molecular formula is C21H20Cl2N6O. The Morgan fingerprint density at radius 3 is 2.57 bits per heavy atom. The van der Waals surface area contributed by atoms with Crippen molar-refractivity contribution in [2.75, 3.05) is 43.9 Å². The summed E-state index contributed by atoms with van der Waals surface area (Å²) in [6.45, 7) is 4.00. The van der Waals surface area contributed by atoms with Gasteiger partial charge in [0.1, 0.15) is 11.4 Å². The number of fused-ring (bicyclic) bond motifs is 2. The number of H-pyrrole nitrogens is 2. The van der Waals surface area contributed by atoms with E-state index in [0.717, 1.165) is 42.9 Å². The Morgan fingerprint density at radius 2 is 1.80 bits per heavy atom. The molecule has 30 heavy (non-hydrogen) atoms. The van der Waals surface area contributed by atoms with Crippen LogP contribution in [0.5, 0.6) is 0 Å². The highest BCUT2D eigenvalue weighted by atomic mass is 35.5. The van der Waals surface area contributed by atoms with Gasteiger partial charge in [-0.3, -0.25) is 4.79 Å². The molecule has 2 aromatic heterocycles. The minimum absolute atomic E-state index is 0.250. The second-order valence-electron chi connectivity index (χ2n) is 7.60. The van der Waals surface area contributed by atoms with Gasteiger partial charge >= 0.3 is 0 Å². The van der Waals surface area contributed by atoms with Gasteiger partial charge in [-0.1, -0.05) is 23.2 Å². The first-order valence-electron chi connectivity index (χ1n) is 9.65. The standard InChI is InChI=1S/C21H20Cl2N6O/c1-28-6-8-29(9-7-28)11-2-4-13-15(10-11)26-20(25-13)17-19(24)16-14(27-21(17)30)5-3-12(22)18(16)23/h2-5,10H,6-9H2,1H3,(H,25,26)(H3,24,27,30). The number of nitrogen functional groups attached to an aromatic ring is 1. The number of rotatable bonds is 2. The monoisotopic (exact) mass is 442 g/mol. The van der Waals surface area contributed by atoms with Gasteiger partial charge in [-0.15, -0.1) is 0 Å². The van der Waals surface area contributed by atoms with Crippen LogP contribution < -0.4 is 16.2 Å². The van der Waals surface area contributed by atoms with Crippen LogP contribution in [0.3, 0.4) is 0 Å². The minimum atomic E-state index is -0.336. The number of halogens is 2. The largest absolute Gasteiger partial charge is 0.397 e. The Hall–Kier alpha value is -2.74. The predicted molar refractivity (Wildman–Crippen MR) is 124 cm³/mol. The van der Waals surface area contributed by atoms with E-state index in [9.17, 15) is 4.79 Å². The van der Waals surface area contributed by atoms with E-state index in [0.29, 0.717) is 26.8 Å². The van der Waals surface area contributed by atoms with E-state index in [4.69, 9.17) is 28.9 Å². The van der Waals surface area contributed by atoms with Gasteiger partial charge in [-0.25, -0.2) is 4.98 Å². The molecule has 1 aliphatic rings. The number of aromatic amines is 2. The van der Waals surface area contributed by atoms with Gasteiger partial charge in [-0.2, -0.15) is 0 Å². The summed E-state index contributed by atoms with van der Waals surface area (Å²) in [5.41, 5.74) is 9.80. The summed E-state index contributed by atoms with van der Waals surface area (Å²) in [7, 11) is 2.13. The Labute approximate surface area is 182 Å². The molecule has 5 rings (SSSR count). The number of piperazine rings is 1. The van der Waals surface area contributed by atoms with Crippen LogP contribution in [0.4, 0.5) is 11.4 Å². The van der Waals surface area contributed by atoms with E-state index in [1.54, 1.807) is 12.1 Å². The number of likely N-dealkylation sites (N-methyl/N-ethyl adjacent to an activating group) is 1. The van der Waals surface area contributed by atoms with E-state index >= 15 is 0 Å². The van der Waals surface area contributed by atoms with Crippen molar-refractivity contribution >= 4 is 56.5 Å². The summed E-state index contributed by atoms with van der Waals surface area (Å²) >= 11 is 12.5. The van der Waals surface area contributed by atoms with Crippen LogP contribution in [0.1, 0.15) is 0 Å². The van der Waals surface area contributed by atoms with Crippen molar-refractivity contribution in [2.24, 2.45) is 0 Å². The molecule has 0 atom stereocenters. The molecule has 0 saturated carbocycles. The molecular weight excluding hydrogens is 423 g/mol. The fraction of sp³-hybridized carbons (Fsp3) is 0.238. The smallest absolute Gasteiger partial charge is 0.261 e. The molecule has 9 heteroatoms. The lowest BCUT2D eigenvalue weighted by atomic mass is 10.1. The van der Waals surface area contributed by atoms with Gasteiger partial charge < -0.3 is 25.5 Å². The summed E-state index contributed by atoms with van der Waals surface area (Å²) in [4.78, 5) is 28.1. The molecule has 1 saturated heterocycles. The third-order valence-corrected chi connectivity index (χ3v) is 6.48. The lowest BCUT2D eigenvalue weighted by Gasteiger charge is -2.34. The topological polar surface area (TPSA) is 94.0 Å². The van der Waals surface area contributed by atoms with E-state index < -0.39 is 0 Å². The van der Waals surface area contributed by atoms with Crippen molar-refractivity contribution in [2.45, 2.75) is 0 Å². The van der Waals surface area contributed by atoms with Crippen molar-refractivity contribution < 1.29 is 0 Å². The van der Waals surface area contributed by atoms with Crippen LogP contribution in [0.25, 0.3) is 33.3 Å². The zero-order chi connectivity index (χ0) is 21.0. The number of hydrogen-bond donors (Lipinski definition) is 3. The van der Waals surface area contributed by atoms with Crippen molar-refractivity contribution in [3.05, 3.63) is 50.7 Å². The molecule has 2 aromatic carbocycles. The number of nitrogens with zero attached hydrogens (tertiary/aromatic N) is 3. The lowest BCUT2D eigenvalue weighted by molar-refractivity contribution is 0.313. The average Bonchev–Trinajstić information content (AvgIpc) is 3.13. The number of aromatic nitrogens is 3. The summed E-state index contributed by atoms with van der Waals surface area (Å²) in [5, 5.41) is 1.19. The van der Waals surface area contributed by atoms with Crippen LogP contribution in [-0.2, 0) is 0 Å². The zero-order valence-electron chi connectivity index (χ0n) is 16.3. The Bertz CT molecular complexity index is 1340. The third-order valence-electron chi connectivity index (χ3n) is 5.68. The van der Waals surface area contributed by atoms with Crippen LogP contribution in [0.2, 0.25) is 10.0 Å². The Balaban J connectivity index is 1.62. The lowest BCUT2D eigenvalue weighted by Crippen LogP contribution is -2.44. The van der Waals surface area contributed by atoms with Crippen molar-refractivity contribution in [3.8, 4) is 11.4 Å². The normalized spacial score (nSPS) is 15.4. The number of hydrogen-bond acceptors (Lipinski definition) is 5. The van der Waals surface area contributed by atoms with Crippen molar-refractivity contribution in [1.82, 2.24) is 19.9 Å². The molecule has 0 radical (unpaired) electrons. The van der Waals surface area contributed by atoms with Gasteiger partial charge in [0.05, 0.1) is 32.3 Å². The highest BCUT2D eigenvalue weighted by Crippen LogP contribution is 2.36. The molecule has 0 amide bonds. The van der Waals surface area contributed by atoms with Gasteiger partial charge in [0.25, 0.3) is 5.56 Å². The molecule has 3 heterocycles. The molecule has 0 bridgehead atoms. The first-order chi connectivity index (χ1) is 14.4. The fourth-order valence-electron chi connectivity index (χ4n) is 3.96. The highest BCUT2D eigenvalue weighted by molar-refractivity contribution is 6.46. The molecule has 4 aromatic rings. The summed E-state index contributed by atoms with van der Waals surface area (Å²) < 4.78 is 0. The summed E-state index contributed by atoms with van der Waals surface area (Å²) in [6, 6.07) is 9.39. The highest BCUT2D eigenvalue weighted by Gasteiger charge is 2.20. The average molecular weight is 443 g/mol. The van der Waals surface area contributed by atoms with Gasteiger partial charge in [0.15, 0.2) is 0 Å². The van der Waals surface area contributed by atoms with Crippen LogP contribution >= 0.6 is 23.2 Å². The van der Waals surface area contributed by atoms with E-state index in [2.05, 4.69) is 43.9 Å². The SMILES string of the molecule is CN1CCN(c2ccc3nc(-c4c(N)c5c(Cl)c(Cl)ccc5[nH]c4=O)[nH]c3c2)CC1. The van der Waals surface area contributed by atoms with Gasteiger partial charge in [-0.05, 0) is 37.4 Å². The second-order valence-corrected chi connectivity index (χ2v) is 8.39. The molecule has 7 nitrogen and oxygen atoms in total. The number of nitrogens with one attached hydrogen (secondary N) is 2. The van der Waals surface area contributed by atoms with Crippen molar-refractivity contribution in [1.29, 1.82) is 0 Å². The first kappa shape index (κ1) is 19.2. The predicted octanol–water partition coefficient (Wildman–Crippen LogP) is 3.71. The summed E-state index contributed by atoms with van der Waals surface area (Å²) in [5.74, 6) is 0.400. The fourth-order valence-corrected chi connectivity index (χ4v) is 4.39. The number of pyridine rings is 1. The molecule has 0 spiro atoms. The molecule has 0 aliphatic carbocycles. The minimum Gasteiger partial charge on any atom is -0.397 e. The van der Waals surface area contributed by atoms with E-state index in [1.807, 2.05) is 6.07 Å². The zero-order valence-corrected chi connectivity index (χ0v) is 17.8. The number of nitrogens with two attached hydrogens (primary N) is 1. The first-order valence-corrected chi connectivity index (χ1v) is 10.4. The molecule has 1 fully saturated rings. The maximum absolute atomic E-state index is 12.8. The maximum atomic E-state index is 12.8. The molecule has 1 aliphatic heterocycles. The maximum Gasteiger partial charge on any atom is 0.261 e. The summed E-state index contributed by atoms with van der Waals surface area (Å²) in [6.07, 6.45) is 0. The van der Waals surface area contributed by atoms with Crippen LogP contribution in [0.15, 0.2) is 35.1 Å². The van der Waals surface area contributed by atoms with Crippen LogP contribution in [0, 0.1) is 0 Å². The number of imidazole rings is 1. The molecule has 154 valence electrons.